The Morgan fingerprint density at radius 1 is 1.48 bits per heavy atom. The molecule has 112 valence electrons. The Hall–Kier alpha value is -2.08. The Morgan fingerprint density at radius 3 is 3.05 bits per heavy atom. The van der Waals surface area contributed by atoms with Crippen molar-refractivity contribution in [3.05, 3.63) is 24.0 Å². The molecule has 2 aromatic rings. The van der Waals surface area contributed by atoms with Gasteiger partial charge in [0.05, 0.1) is 24.1 Å². The molecule has 3 N–H and O–H groups in total. The van der Waals surface area contributed by atoms with Gasteiger partial charge in [0, 0.05) is 17.6 Å². The van der Waals surface area contributed by atoms with E-state index < -0.39 is 0 Å². The number of H-pyrrole nitrogens is 1. The molecule has 0 aromatic carbocycles. The largest absolute Gasteiger partial charge is 0.462 e. The highest BCUT2D eigenvalue weighted by molar-refractivity contribution is 6.03. The molecular weight excluding hydrogens is 268 g/mol. The molecule has 1 aliphatic heterocycles. The fraction of sp³-hybridized carbons (Fsp3) is 0.467. The molecule has 0 aliphatic carbocycles. The predicted molar refractivity (Wildman–Crippen MR) is 81.6 cm³/mol. The van der Waals surface area contributed by atoms with Gasteiger partial charge in [-0.1, -0.05) is 0 Å². The number of hydrogen-bond donors (Lipinski definition) is 3. The zero-order chi connectivity index (χ0) is 14.7. The van der Waals surface area contributed by atoms with Crippen LogP contribution in [0.4, 0.5) is 5.69 Å². The number of anilines is 1. The van der Waals surface area contributed by atoms with Crippen LogP contribution in [0.3, 0.4) is 0 Å². The average molecular weight is 288 g/mol. The molecule has 0 saturated carbocycles. The van der Waals surface area contributed by atoms with Crippen LogP contribution in [0.1, 0.15) is 30.1 Å². The second-order valence-corrected chi connectivity index (χ2v) is 5.21. The van der Waals surface area contributed by atoms with Gasteiger partial charge in [-0.3, -0.25) is 0 Å². The van der Waals surface area contributed by atoms with Crippen LogP contribution >= 0.6 is 0 Å². The molecule has 2 aromatic heterocycles. The number of pyridine rings is 1. The van der Waals surface area contributed by atoms with Crippen molar-refractivity contribution in [1.82, 2.24) is 15.3 Å². The number of aromatic amines is 1. The molecule has 6 heteroatoms. The van der Waals surface area contributed by atoms with Crippen molar-refractivity contribution in [2.45, 2.75) is 25.8 Å². The van der Waals surface area contributed by atoms with Crippen LogP contribution in [0.15, 0.2) is 18.5 Å². The van der Waals surface area contributed by atoms with Crippen LogP contribution in [-0.2, 0) is 4.74 Å². The van der Waals surface area contributed by atoms with Gasteiger partial charge in [-0.2, -0.15) is 0 Å². The predicted octanol–water partition coefficient (Wildman–Crippen LogP) is 1.90. The number of fused-ring (bicyclic) bond motifs is 1. The van der Waals surface area contributed by atoms with E-state index in [-0.39, 0.29) is 5.97 Å². The number of nitrogens with zero attached hydrogens (tertiary/aromatic N) is 1. The van der Waals surface area contributed by atoms with Gasteiger partial charge in [0.15, 0.2) is 0 Å². The third-order valence-electron chi connectivity index (χ3n) is 3.74. The number of aromatic nitrogens is 2. The number of nitrogens with one attached hydrogen (secondary N) is 3. The second kappa shape index (κ2) is 6.13. The van der Waals surface area contributed by atoms with E-state index in [2.05, 4.69) is 20.6 Å². The monoisotopic (exact) mass is 288 g/mol. The first-order valence-electron chi connectivity index (χ1n) is 7.39. The van der Waals surface area contributed by atoms with Crippen molar-refractivity contribution in [2.75, 3.05) is 25.0 Å². The van der Waals surface area contributed by atoms with Gasteiger partial charge >= 0.3 is 5.97 Å². The van der Waals surface area contributed by atoms with Crippen molar-refractivity contribution >= 4 is 22.7 Å². The zero-order valence-corrected chi connectivity index (χ0v) is 12.1. The highest BCUT2D eigenvalue weighted by Crippen LogP contribution is 2.22. The molecule has 0 radical (unpaired) electrons. The topological polar surface area (TPSA) is 79.0 Å². The van der Waals surface area contributed by atoms with Crippen LogP contribution in [0.25, 0.3) is 11.0 Å². The van der Waals surface area contributed by atoms with E-state index >= 15 is 0 Å². The third-order valence-corrected chi connectivity index (χ3v) is 3.74. The SMILES string of the molecule is CCOC(=O)c1c[nH]c2ncc(NC3CCNCC3)cc12. The summed E-state index contributed by atoms with van der Waals surface area (Å²) < 4.78 is 5.07. The van der Waals surface area contributed by atoms with Crippen molar-refractivity contribution in [1.29, 1.82) is 0 Å². The number of esters is 1. The molecule has 3 rings (SSSR count). The summed E-state index contributed by atoms with van der Waals surface area (Å²) in [6, 6.07) is 2.42. The van der Waals surface area contributed by atoms with Crippen molar-refractivity contribution < 1.29 is 9.53 Å². The molecular formula is C15H20N4O2. The maximum Gasteiger partial charge on any atom is 0.340 e. The molecule has 1 fully saturated rings. The molecule has 0 atom stereocenters. The van der Waals surface area contributed by atoms with E-state index in [0.29, 0.717) is 23.9 Å². The quantitative estimate of drug-likeness (QED) is 0.749. The summed E-state index contributed by atoms with van der Waals surface area (Å²) in [6.07, 6.45) is 5.64. The Balaban J connectivity index is 1.83. The summed E-state index contributed by atoms with van der Waals surface area (Å²) in [4.78, 5) is 19.3. The Labute approximate surface area is 123 Å². The van der Waals surface area contributed by atoms with Crippen LogP contribution in [0.5, 0.6) is 0 Å². The lowest BCUT2D eigenvalue weighted by molar-refractivity contribution is 0.0529. The van der Waals surface area contributed by atoms with Crippen LogP contribution in [0, 0.1) is 0 Å². The highest BCUT2D eigenvalue weighted by Gasteiger charge is 2.16. The minimum absolute atomic E-state index is 0.315. The van der Waals surface area contributed by atoms with E-state index in [0.717, 1.165) is 37.0 Å². The van der Waals surface area contributed by atoms with Crippen molar-refractivity contribution in [3.8, 4) is 0 Å². The summed E-state index contributed by atoms with van der Waals surface area (Å²) in [6.45, 7) is 4.23. The van der Waals surface area contributed by atoms with Crippen molar-refractivity contribution in [2.24, 2.45) is 0 Å². The molecule has 3 heterocycles. The number of ether oxygens (including phenoxy) is 1. The lowest BCUT2D eigenvalue weighted by atomic mass is 10.1. The molecule has 0 bridgehead atoms. The van der Waals surface area contributed by atoms with Gasteiger partial charge in [-0.25, -0.2) is 9.78 Å². The minimum atomic E-state index is -0.315. The summed E-state index contributed by atoms with van der Waals surface area (Å²) in [5.41, 5.74) is 2.18. The molecule has 0 unspecified atom stereocenters. The third kappa shape index (κ3) is 3.00. The van der Waals surface area contributed by atoms with Crippen LogP contribution in [0.2, 0.25) is 0 Å². The number of piperidine rings is 1. The first-order valence-corrected chi connectivity index (χ1v) is 7.39. The summed E-state index contributed by atoms with van der Waals surface area (Å²) in [5.74, 6) is -0.315. The molecule has 1 aliphatic rings. The molecule has 6 nitrogen and oxygen atoms in total. The first kappa shape index (κ1) is 13.9. The maximum atomic E-state index is 11.9. The standard InChI is InChI=1S/C15H20N4O2/c1-2-21-15(20)13-9-18-14-12(13)7-11(8-17-14)19-10-3-5-16-6-4-10/h7-10,16,19H,2-6H2,1H3,(H,17,18). The number of rotatable bonds is 4. The zero-order valence-electron chi connectivity index (χ0n) is 12.1. The van der Waals surface area contributed by atoms with E-state index in [9.17, 15) is 4.79 Å². The van der Waals surface area contributed by atoms with Gasteiger partial charge in [0.2, 0.25) is 0 Å². The van der Waals surface area contributed by atoms with Gasteiger partial charge in [0.1, 0.15) is 5.65 Å². The average Bonchev–Trinajstić information content (AvgIpc) is 2.92. The Kier molecular flexibility index (Phi) is 4.06. The fourth-order valence-electron chi connectivity index (χ4n) is 2.66. The van der Waals surface area contributed by atoms with E-state index in [1.807, 2.05) is 6.07 Å². The number of carbonyl (C=O) groups is 1. The van der Waals surface area contributed by atoms with Gasteiger partial charge in [-0.05, 0) is 38.9 Å². The number of hydrogen-bond acceptors (Lipinski definition) is 5. The highest BCUT2D eigenvalue weighted by atomic mass is 16.5. The lowest BCUT2D eigenvalue weighted by Gasteiger charge is -2.24. The summed E-state index contributed by atoms with van der Waals surface area (Å²) in [5, 5.41) is 7.63. The van der Waals surface area contributed by atoms with Gasteiger partial charge < -0.3 is 20.4 Å². The Morgan fingerprint density at radius 2 is 2.29 bits per heavy atom. The normalized spacial score (nSPS) is 16.0. The number of carbonyl (C=O) groups excluding carboxylic acids is 1. The summed E-state index contributed by atoms with van der Waals surface area (Å²) in [7, 11) is 0. The molecule has 21 heavy (non-hydrogen) atoms. The van der Waals surface area contributed by atoms with Crippen LogP contribution < -0.4 is 10.6 Å². The van der Waals surface area contributed by atoms with E-state index in [1.165, 1.54) is 0 Å². The van der Waals surface area contributed by atoms with E-state index in [1.54, 1.807) is 19.3 Å². The second-order valence-electron chi connectivity index (χ2n) is 5.21. The molecule has 1 saturated heterocycles. The minimum Gasteiger partial charge on any atom is -0.462 e. The first-order chi connectivity index (χ1) is 10.3. The lowest BCUT2D eigenvalue weighted by Crippen LogP contribution is -2.35. The smallest absolute Gasteiger partial charge is 0.340 e. The maximum absolute atomic E-state index is 11.9. The van der Waals surface area contributed by atoms with Gasteiger partial charge in [-0.15, -0.1) is 0 Å². The fourth-order valence-corrected chi connectivity index (χ4v) is 2.66. The summed E-state index contributed by atoms with van der Waals surface area (Å²) >= 11 is 0. The molecule has 0 spiro atoms. The Bertz CT molecular complexity index is 632. The van der Waals surface area contributed by atoms with Crippen LogP contribution in [-0.4, -0.2) is 41.7 Å². The van der Waals surface area contributed by atoms with E-state index in [4.69, 9.17) is 4.74 Å². The van der Waals surface area contributed by atoms with Gasteiger partial charge in [0.25, 0.3) is 0 Å². The van der Waals surface area contributed by atoms with Crippen molar-refractivity contribution in [3.63, 3.8) is 0 Å². The molecule has 0 amide bonds.